The van der Waals surface area contributed by atoms with E-state index in [4.69, 9.17) is 9.47 Å². The van der Waals surface area contributed by atoms with E-state index in [0.29, 0.717) is 5.75 Å². The molecule has 39 heavy (non-hydrogen) atoms. The van der Waals surface area contributed by atoms with E-state index in [2.05, 4.69) is 20.0 Å². The van der Waals surface area contributed by atoms with Gasteiger partial charge in [0, 0.05) is 20.5 Å². The van der Waals surface area contributed by atoms with E-state index in [1.54, 1.807) is 71.3 Å². The van der Waals surface area contributed by atoms with Gasteiger partial charge in [0.05, 0.1) is 11.1 Å². The number of nitrogens with zero attached hydrogens (tertiary/aromatic N) is 3. The van der Waals surface area contributed by atoms with Crippen LogP contribution < -0.4 is 14.8 Å². The van der Waals surface area contributed by atoms with Crippen LogP contribution in [-0.2, 0) is 26.0 Å². The van der Waals surface area contributed by atoms with E-state index in [1.165, 1.54) is 29.6 Å². The molecule has 0 aliphatic carbocycles. The summed E-state index contributed by atoms with van der Waals surface area (Å²) in [5.74, 6) is -0.104. The van der Waals surface area contributed by atoms with Crippen molar-refractivity contribution in [2.75, 3.05) is 24.1 Å². The Morgan fingerprint density at radius 2 is 1.67 bits per heavy atom. The topological polar surface area (TPSA) is 140 Å². The normalized spacial score (nSPS) is 12.3. The van der Waals surface area contributed by atoms with Crippen molar-refractivity contribution in [2.45, 2.75) is 50.7 Å². The first-order chi connectivity index (χ1) is 18.2. The Bertz CT molecular complexity index is 1400. The lowest BCUT2D eigenvalue weighted by atomic mass is 10.1. The average molecular weight is 556 g/mol. The van der Waals surface area contributed by atoms with Crippen LogP contribution >= 0.6 is 0 Å². The molecule has 1 atom stereocenters. The number of nitrogens with one attached hydrogen (secondary N) is 2. The number of hydrogen-bond acceptors (Lipinski definition) is 9. The van der Waals surface area contributed by atoms with Gasteiger partial charge in [0.1, 0.15) is 29.4 Å². The molecule has 1 heterocycles. The number of amides is 1. The number of sulfonamides is 1. The third kappa shape index (κ3) is 8.67. The fraction of sp³-hybridized carbons (Fsp3) is 0.333. The summed E-state index contributed by atoms with van der Waals surface area (Å²) in [4.78, 5) is 34.5. The zero-order valence-corrected chi connectivity index (χ0v) is 23.6. The van der Waals surface area contributed by atoms with E-state index in [1.807, 2.05) is 6.92 Å². The summed E-state index contributed by atoms with van der Waals surface area (Å²) in [6, 6.07) is 12.1. The Kier molecular flexibility index (Phi) is 9.12. The number of aryl methyl sites for hydroxylation is 1. The molecular formula is C27H33N5O6S. The number of carbonyl (C=O) groups excluding carboxylic acids is 2. The molecule has 12 heteroatoms. The smallest absolute Gasteiger partial charge is 0.414 e. The monoisotopic (exact) mass is 555 g/mol. The van der Waals surface area contributed by atoms with Gasteiger partial charge in [-0.25, -0.2) is 28.0 Å². The summed E-state index contributed by atoms with van der Waals surface area (Å²) in [5.41, 5.74) is 0.961. The lowest BCUT2D eigenvalue weighted by Crippen LogP contribution is -2.38. The van der Waals surface area contributed by atoms with Crippen LogP contribution in [0.3, 0.4) is 0 Å². The van der Waals surface area contributed by atoms with Crippen LogP contribution in [0.25, 0.3) is 0 Å². The maximum Gasteiger partial charge on any atom is 0.414 e. The first-order valence-electron chi connectivity index (χ1n) is 12.1. The van der Waals surface area contributed by atoms with Crippen molar-refractivity contribution in [2.24, 2.45) is 0 Å². The molecule has 11 nitrogen and oxygen atoms in total. The second-order valence-electron chi connectivity index (χ2n) is 10.0. The molecule has 0 radical (unpaired) electrons. The van der Waals surface area contributed by atoms with E-state index < -0.39 is 33.7 Å². The molecule has 2 aromatic carbocycles. The third-order valence-electron chi connectivity index (χ3n) is 5.22. The number of esters is 1. The minimum absolute atomic E-state index is 0.0672. The molecule has 0 aliphatic heterocycles. The Hall–Kier alpha value is -4.19. The molecule has 0 spiro atoms. The van der Waals surface area contributed by atoms with Crippen LogP contribution in [0.15, 0.2) is 66.0 Å². The van der Waals surface area contributed by atoms with Gasteiger partial charge in [0.15, 0.2) is 5.82 Å². The van der Waals surface area contributed by atoms with Crippen molar-refractivity contribution >= 4 is 33.6 Å². The first-order valence-corrected chi connectivity index (χ1v) is 13.6. The summed E-state index contributed by atoms with van der Waals surface area (Å²) in [5, 5.41) is 3.02. The lowest BCUT2D eigenvalue weighted by Gasteiger charge is -2.25. The highest BCUT2D eigenvalue weighted by atomic mass is 32.2. The molecule has 0 fully saturated rings. The van der Waals surface area contributed by atoms with Crippen molar-refractivity contribution in [1.29, 1.82) is 0 Å². The van der Waals surface area contributed by atoms with Crippen molar-refractivity contribution < 1.29 is 27.5 Å². The fourth-order valence-corrected chi connectivity index (χ4v) is 4.34. The summed E-state index contributed by atoms with van der Waals surface area (Å²) in [6.45, 7) is 7.11. The van der Waals surface area contributed by atoms with Gasteiger partial charge in [-0.1, -0.05) is 29.8 Å². The van der Waals surface area contributed by atoms with E-state index in [-0.39, 0.29) is 22.8 Å². The largest absolute Gasteiger partial charge is 0.458 e. The fourth-order valence-electron chi connectivity index (χ4n) is 3.29. The van der Waals surface area contributed by atoms with Crippen LogP contribution in [0.4, 0.5) is 16.3 Å². The summed E-state index contributed by atoms with van der Waals surface area (Å²) in [6.07, 6.45) is 2.21. The Morgan fingerprint density at radius 1 is 1.03 bits per heavy atom. The summed E-state index contributed by atoms with van der Waals surface area (Å²) < 4.78 is 39.3. The summed E-state index contributed by atoms with van der Waals surface area (Å²) in [7, 11) is -0.789. The minimum atomic E-state index is -3.95. The number of rotatable bonds is 9. The number of benzene rings is 2. The second kappa shape index (κ2) is 12.1. The number of carbonyl (C=O) groups is 2. The van der Waals surface area contributed by atoms with Gasteiger partial charge in [-0.2, -0.15) is 0 Å². The van der Waals surface area contributed by atoms with E-state index >= 15 is 0 Å². The quantitative estimate of drug-likeness (QED) is 0.375. The van der Waals surface area contributed by atoms with Gasteiger partial charge in [-0.05, 0) is 57.5 Å². The standard InChI is InChI=1S/C27H33N5O6S/c1-18-7-13-21(14-8-18)39(35,36)31-23-16-28-17-29-24(23)30-22(25(33)38-27(2,3)4)15-19-9-11-20(12-10-19)37-26(34)32(5)6/h7-14,16-17,22,31H,15H2,1-6H3,(H,28,29,30)/t22-/m0/s1. The molecule has 0 unspecified atom stereocenters. The number of aromatic nitrogens is 2. The first kappa shape index (κ1) is 29.4. The average Bonchev–Trinajstić information content (AvgIpc) is 2.85. The van der Waals surface area contributed by atoms with Crippen LogP contribution in [0.2, 0.25) is 0 Å². The number of hydrogen-bond donors (Lipinski definition) is 2. The van der Waals surface area contributed by atoms with Crippen molar-refractivity contribution in [3.8, 4) is 5.75 Å². The summed E-state index contributed by atoms with van der Waals surface area (Å²) >= 11 is 0. The van der Waals surface area contributed by atoms with Crippen LogP contribution in [-0.4, -0.2) is 61.1 Å². The molecule has 2 N–H and O–H groups in total. The number of anilines is 2. The Labute approximate surface area is 228 Å². The highest BCUT2D eigenvalue weighted by Crippen LogP contribution is 2.24. The van der Waals surface area contributed by atoms with Gasteiger partial charge in [0.2, 0.25) is 0 Å². The third-order valence-corrected chi connectivity index (χ3v) is 6.61. The van der Waals surface area contributed by atoms with Gasteiger partial charge in [0.25, 0.3) is 10.0 Å². The van der Waals surface area contributed by atoms with Crippen LogP contribution in [0.5, 0.6) is 5.75 Å². The molecular weight excluding hydrogens is 522 g/mol. The van der Waals surface area contributed by atoms with Crippen molar-refractivity contribution in [3.05, 3.63) is 72.2 Å². The Morgan fingerprint density at radius 3 is 2.26 bits per heavy atom. The van der Waals surface area contributed by atoms with Crippen LogP contribution in [0.1, 0.15) is 31.9 Å². The van der Waals surface area contributed by atoms with Gasteiger partial charge in [-0.15, -0.1) is 0 Å². The van der Waals surface area contributed by atoms with Crippen molar-refractivity contribution in [3.63, 3.8) is 0 Å². The van der Waals surface area contributed by atoms with Gasteiger partial charge in [-0.3, -0.25) is 4.72 Å². The molecule has 3 rings (SSSR count). The second-order valence-corrected chi connectivity index (χ2v) is 11.7. The maximum atomic E-state index is 13.2. The zero-order valence-electron chi connectivity index (χ0n) is 22.8. The maximum absolute atomic E-state index is 13.2. The predicted molar refractivity (Wildman–Crippen MR) is 147 cm³/mol. The number of ether oxygens (including phenoxy) is 2. The molecule has 208 valence electrons. The Balaban J connectivity index is 1.86. The van der Waals surface area contributed by atoms with Crippen molar-refractivity contribution in [1.82, 2.24) is 14.9 Å². The van der Waals surface area contributed by atoms with Crippen LogP contribution in [0, 0.1) is 6.92 Å². The molecule has 0 aliphatic rings. The van der Waals surface area contributed by atoms with Gasteiger partial charge >= 0.3 is 12.1 Å². The molecule has 1 aromatic heterocycles. The highest BCUT2D eigenvalue weighted by Gasteiger charge is 2.27. The SMILES string of the molecule is Cc1ccc(S(=O)(=O)Nc2cncnc2N[C@@H](Cc2ccc(OC(=O)N(C)C)cc2)C(=O)OC(C)(C)C)cc1. The van der Waals surface area contributed by atoms with E-state index in [9.17, 15) is 18.0 Å². The van der Waals surface area contributed by atoms with E-state index in [0.717, 1.165) is 11.1 Å². The molecule has 0 saturated carbocycles. The lowest BCUT2D eigenvalue weighted by molar-refractivity contribution is -0.155. The molecule has 0 saturated heterocycles. The highest BCUT2D eigenvalue weighted by molar-refractivity contribution is 7.92. The van der Waals surface area contributed by atoms with Gasteiger partial charge < -0.3 is 19.7 Å². The molecule has 0 bridgehead atoms. The molecule has 1 amide bonds. The zero-order chi connectivity index (χ0) is 28.8. The predicted octanol–water partition coefficient (Wildman–Crippen LogP) is 4.01. The minimum Gasteiger partial charge on any atom is -0.458 e. The molecule has 3 aromatic rings.